The molecule has 0 aliphatic rings. The fraction of sp³-hybridized carbons (Fsp3) is 0.261. The number of amides is 1. The maximum atomic E-state index is 13.2. The molecule has 1 amide bonds. The summed E-state index contributed by atoms with van der Waals surface area (Å²) in [5.41, 5.74) is 2.09. The molecule has 0 aliphatic carbocycles. The van der Waals surface area contributed by atoms with Crippen molar-refractivity contribution < 1.29 is 9.53 Å². The third kappa shape index (κ3) is 5.26. The van der Waals surface area contributed by atoms with E-state index in [2.05, 4.69) is 24.0 Å². The number of methoxy groups -OCH3 is 1. The quantitative estimate of drug-likeness (QED) is 0.334. The highest BCUT2D eigenvalue weighted by atomic mass is 32.2. The molecule has 6 nitrogen and oxygen atoms in total. The summed E-state index contributed by atoms with van der Waals surface area (Å²) in [6, 6.07) is 13.9. The molecule has 0 unspecified atom stereocenters. The first-order valence-electron chi connectivity index (χ1n) is 10.0. The predicted octanol–water partition coefficient (Wildman–Crippen LogP) is 5.03. The van der Waals surface area contributed by atoms with Gasteiger partial charge in [0.15, 0.2) is 5.13 Å². The van der Waals surface area contributed by atoms with Crippen molar-refractivity contribution >= 4 is 44.4 Å². The van der Waals surface area contributed by atoms with Gasteiger partial charge in [0.05, 0.1) is 29.4 Å². The Kier molecular flexibility index (Phi) is 6.89. The Morgan fingerprint density at radius 3 is 2.77 bits per heavy atom. The van der Waals surface area contributed by atoms with E-state index in [1.807, 2.05) is 46.0 Å². The molecule has 0 saturated carbocycles. The minimum absolute atomic E-state index is 0.0585. The smallest absolute Gasteiger partial charge is 0.239 e. The van der Waals surface area contributed by atoms with Gasteiger partial charge in [-0.3, -0.25) is 9.69 Å². The second-order valence-electron chi connectivity index (χ2n) is 7.08. The van der Waals surface area contributed by atoms with Gasteiger partial charge in [0, 0.05) is 30.4 Å². The molecule has 4 rings (SSSR count). The number of anilines is 1. The van der Waals surface area contributed by atoms with Gasteiger partial charge >= 0.3 is 0 Å². The summed E-state index contributed by atoms with van der Waals surface area (Å²) in [6.45, 7) is 3.47. The fourth-order valence-corrected chi connectivity index (χ4v) is 5.10. The van der Waals surface area contributed by atoms with E-state index in [1.54, 1.807) is 31.0 Å². The zero-order valence-electron chi connectivity index (χ0n) is 17.5. The summed E-state index contributed by atoms with van der Waals surface area (Å²) >= 11 is 3.10. The lowest BCUT2D eigenvalue weighted by Crippen LogP contribution is -2.33. The molecule has 0 saturated heterocycles. The van der Waals surface area contributed by atoms with Crippen molar-refractivity contribution in [1.82, 2.24) is 14.5 Å². The van der Waals surface area contributed by atoms with Gasteiger partial charge in [-0.05, 0) is 49.2 Å². The van der Waals surface area contributed by atoms with Gasteiger partial charge in [0.25, 0.3) is 0 Å². The van der Waals surface area contributed by atoms with Crippen LogP contribution in [-0.4, -0.2) is 39.8 Å². The number of hydrogen-bond acceptors (Lipinski definition) is 6. The van der Waals surface area contributed by atoms with Gasteiger partial charge in [-0.1, -0.05) is 23.5 Å². The number of ether oxygens (including phenoxy) is 1. The van der Waals surface area contributed by atoms with E-state index in [0.29, 0.717) is 12.3 Å². The second-order valence-corrected chi connectivity index (χ2v) is 9.14. The molecule has 0 N–H and O–H groups in total. The average Bonchev–Trinajstić information content (AvgIpc) is 3.46. The maximum absolute atomic E-state index is 13.2. The Labute approximate surface area is 189 Å². The Bertz CT molecular complexity index is 1140. The number of fused-ring (bicyclic) bond motifs is 1. The molecule has 8 heteroatoms. The van der Waals surface area contributed by atoms with Crippen molar-refractivity contribution in [3.8, 4) is 5.75 Å². The van der Waals surface area contributed by atoms with Crippen molar-refractivity contribution in [2.24, 2.45) is 0 Å². The Balaban J connectivity index is 1.49. The van der Waals surface area contributed by atoms with Gasteiger partial charge in [0.2, 0.25) is 5.91 Å². The Hall–Kier alpha value is -2.84. The molecular formula is C23H24N4O2S2. The molecule has 2 aromatic carbocycles. The van der Waals surface area contributed by atoms with Gasteiger partial charge < -0.3 is 9.30 Å². The number of rotatable bonds is 9. The zero-order valence-corrected chi connectivity index (χ0v) is 19.2. The molecule has 160 valence electrons. The SMILES string of the molecule is COc1ccc(SCC(=O)N(CCCn2ccnc2)c2nc3c(C)cccc3s2)cc1. The monoisotopic (exact) mass is 452 g/mol. The highest BCUT2D eigenvalue weighted by Crippen LogP contribution is 2.31. The molecule has 2 aromatic heterocycles. The number of benzene rings is 2. The van der Waals surface area contributed by atoms with Crippen LogP contribution in [0.3, 0.4) is 0 Å². The standard InChI is InChI=1S/C23H24N4O2S2/c1-17-5-3-6-20-22(17)25-23(31-20)27(13-4-12-26-14-11-24-16-26)21(28)15-30-19-9-7-18(29-2)8-10-19/h3,5-11,14,16H,4,12-13,15H2,1-2H3. The second kappa shape index (κ2) is 9.98. The number of aryl methyl sites for hydroxylation is 2. The highest BCUT2D eigenvalue weighted by Gasteiger charge is 2.20. The number of hydrogen-bond donors (Lipinski definition) is 0. The summed E-state index contributed by atoms with van der Waals surface area (Å²) < 4.78 is 8.33. The lowest BCUT2D eigenvalue weighted by molar-refractivity contribution is -0.116. The van der Waals surface area contributed by atoms with E-state index >= 15 is 0 Å². The zero-order chi connectivity index (χ0) is 21.6. The van der Waals surface area contributed by atoms with Crippen molar-refractivity contribution in [3.05, 3.63) is 66.7 Å². The number of para-hydroxylation sites is 1. The van der Waals surface area contributed by atoms with Crippen LogP contribution < -0.4 is 9.64 Å². The van der Waals surface area contributed by atoms with Gasteiger partial charge in [-0.2, -0.15) is 0 Å². The number of thioether (sulfide) groups is 1. The summed E-state index contributed by atoms with van der Waals surface area (Å²) in [4.78, 5) is 25.0. The molecule has 0 atom stereocenters. The average molecular weight is 453 g/mol. The fourth-order valence-electron chi connectivity index (χ4n) is 3.24. The minimum atomic E-state index is 0.0585. The summed E-state index contributed by atoms with van der Waals surface area (Å²) in [7, 11) is 1.65. The first-order valence-corrected chi connectivity index (χ1v) is 11.8. The van der Waals surface area contributed by atoms with Crippen LogP contribution in [0.15, 0.2) is 66.1 Å². The summed E-state index contributed by atoms with van der Waals surface area (Å²) in [5, 5.41) is 0.760. The van der Waals surface area contributed by atoms with Crippen molar-refractivity contribution in [1.29, 1.82) is 0 Å². The van der Waals surface area contributed by atoms with Gasteiger partial charge in [0.1, 0.15) is 5.75 Å². The summed E-state index contributed by atoms with van der Waals surface area (Å²) in [5.74, 6) is 1.22. The number of imidazole rings is 1. The molecule has 2 heterocycles. The van der Waals surface area contributed by atoms with E-state index in [4.69, 9.17) is 9.72 Å². The molecule has 0 spiro atoms. The first kappa shape index (κ1) is 21.4. The van der Waals surface area contributed by atoms with Crippen LogP contribution >= 0.6 is 23.1 Å². The lowest BCUT2D eigenvalue weighted by Gasteiger charge is -2.20. The molecular weight excluding hydrogens is 428 g/mol. The Morgan fingerprint density at radius 2 is 2.06 bits per heavy atom. The Morgan fingerprint density at radius 1 is 1.23 bits per heavy atom. The lowest BCUT2D eigenvalue weighted by atomic mass is 10.2. The molecule has 0 radical (unpaired) electrons. The van der Waals surface area contributed by atoms with Gasteiger partial charge in [-0.15, -0.1) is 11.8 Å². The predicted molar refractivity (Wildman–Crippen MR) is 127 cm³/mol. The minimum Gasteiger partial charge on any atom is -0.497 e. The number of nitrogens with zero attached hydrogens (tertiary/aromatic N) is 4. The number of carbonyl (C=O) groups is 1. The molecule has 0 bridgehead atoms. The van der Waals surface area contributed by atoms with Crippen molar-refractivity contribution in [2.45, 2.75) is 24.8 Å². The van der Waals surface area contributed by atoms with Crippen LogP contribution in [-0.2, 0) is 11.3 Å². The molecule has 4 aromatic rings. The van der Waals surface area contributed by atoms with E-state index in [9.17, 15) is 4.79 Å². The molecule has 0 fully saturated rings. The van der Waals surface area contributed by atoms with E-state index in [0.717, 1.165) is 44.5 Å². The molecule has 0 aliphatic heterocycles. The van der Waals surface area contributed by atoms with E-state index < -0.39 is 0 Å². The van der Waals surface area contributed by atoms with E-state index in [1.165, 1.54) is 11.8 Å². The van der Waals surface area contributed by atoms with Crippen molar-refractivity contribution in [3.63, 3.8) is 0 Å². The van der Waals surface area contributed by atoms with Crippen LogP contribution in [0.1, 0.15) is 12.0 Å². The van der Waals surface area contributed by atoms with Gasteiger partial charge in [-0.25, -0.2) is 9.97 Å². The van der Waals surface area contributed by atoms with Crippen LogP contribution in [0, 0.1) is 6.92 Å². The maximum Gasteiger partial charge on any atom is 0.239 e. The third-order valence-electron chi connectivity index (χ3n) is 4.92. The molecule has 31 heavy (non-hydrogen) atoms. The van der Waals surface area contributed by atoms with Crippen LogP contribution in [0.4, 0.5) is 5.13 Å². The normalized spacial score (nSPS) is 11.0. The van der Waals surface area contributed by atoms with E-state index in [-0.39, 0.29) is 5.91 Å². The largest absolute Gasteiger partial charge is 0.497 e. The van der Waals surface area contributed by atoms with Crippen LogP contribution in [0.5, 0.6) is 5.75 Å². The first-order chi connectivity index (χ1) is 15.1. The van der Waals surface area contributed by atoms with Crippen LogP contribution in [0.25, 0.3) is 10.2 Å². The number of aromatic nitrogens is 3. The van der Waals surface area contributed by atoms with Crippen LogP contribution in [0.2, 0.25) is 0 Å². The highest BCUT2D eigenvalue weighted by molar-refractivity contribution is 8.00. The van der Waals surface area contributed by atoms with Crippen molar-refractivity contribution in [2.75, 3.05) is 24.3 Å². The number of carbonyl (C=O) groups excluding carboxylic acids is 1. The summed E-state index contributed by atoms with van der Waals surface area (Å²) in [6.07, 6.45) is 6.33. The number of thiazole rings is 1. The topological polar surface area (TPSA) is 60.2 Å². The third-order valence-corrected chi connectivity index (χ3v) is 6.96.